The quantitative estimate of drug-likeness (QED) is 0.728. The van der Waals surface area contributed by atoms with E-state index in [4.69, 9.17) is 10.5 Å². The first kappa shape index (κ1) is 17.0. The maximum atomic E-state index is 11.8. The van der Waals surface area contributed by atoms with E-state index >= 15 is 0 Å². The molecule has 0 fully saturated rings. The molecule has 0 radical (unpaired) electrons. The maximum Gasteiger partial charge on any atom is 0.322 e. The topological polar surface area (TPSA) is 98.9 Å². The van der Waals surface area contributed by atoms with Gasteiger partial charge in [0.2, 0.25) is 0 Å². The van der Waals surface area contributed by atoms with Gasteiger partial charge in [-0.25, -0.2) is 0 Å². The Balaban J connectivity index is 2.66. The second-order valence-corrected chi connectivity index (χ2v) is 4.80. The van der Waals surface area contributed by atoms with Crippen molar-refractivity contribution in [2.24, 2.45) is 11.7 Å². The number of methoxy groups -OCH3 is 2. The lowest BCUT2D eigenvalue weighted by atomic mass is 9.93. The Bertz CT molecular complexity index is 471. The maximum absolute atomic E-state index is 11.8. The molecule has 2 atom stereocenters. The molecule has 1 rings (SSSR count). The average Bonchev–Trinajstić information content (AvgIpc) is 2.51. The smallest absolute Gasteiger partial charge is 0.322 e. The molecule has 1 aromatic carbocycles. The first-order chi connectivity index (χ1) is 9.97. The molecule has 1 aromatic rings. The van der Waals surface area contributed by atoms with Crippen molar-refractivity contribution in [2.75, 3.05) is 14.2 Å². The molecule has 0 aliphatic rings. The molecule has 0 heterocycles. The number of rotatable bonds is 7. The highest BCUT2D eigenvalue weighted by atomic mass is 16.5. The number of ether oxygens (including phenoxy) is 2. The summed E-state index contributed by atoms with van der Waals surface area (Å²) in [5, 5.41) is 9.25. The summed E-state index contributed by atoms with van der Waals surface area (Å²) in [5.41, 5.74) is 6.57. The SMILES string of the molecule is COC(=O)C(CC[C@H](N)C(=O)OC)Cc1ccc(O)cc1. The third-order valence-electron chi connectivity index (χ3n) is 3.28. The van der Waals surface area contributed by atoms with Gasteiger partial charge in [0.25, 0.3) is 0 Å². The van der Waals surface area contributed by atoms with Gasteiger partial charge >= 0.3 is 11.9 Å². The van der Waals surface area contributed by atoms with E-state index in [1.165, 1.54) is 14.2 Å². The van der Waals surface area contributed by atoms with Crippen molar-refractivity contribution in [2.45, 2.75) is 25.3 Å². The monoisotopic (exact) mass is 295 g/mol. The molecule has 116 valence electrons. The number of aromatic hydroxyl groups is 1. The third-order valence-corrected chi connectivity index (χ3v) is 3.28. The Morgan fingerprint density at radius 2 is 1.67 bits per heavy atom. The van der Waals surface area contributed by atoms with Crippen LogP contribution in [0.3, 0.4) is 0 Å². The summed E-state index contributed by atoms with van der Waals surface area (Å²) in [5.74, 6) is -1.07. The molecule has 0 aliphatic heterocycles. The number of carbonyl (C=O) groups excluding carboxylic acids is 2. The lowest BCUT2D eigenvalue weighted by molar-refractivity contribution is -0.147. The summed E-state index contributed by atoms with van der Waals surface area (Å²) in [4.78, 5) is 23.1. The van der Waals surface area contributed by atoms with E-state index in [9.17, 15) is 14.7 Å². The molecule has 21 heavy (non-hydrogen) atoms. The van der Waals surface area contributed by atoms with Gasteiger partial charge in [-0.3, -0.25) is 9.59 Å². The van der Waals surface area contributed by atoms with Crippen LogP contribution in [0.2, 0.25) is 0 Å². The van der Waals surface area contributed by atoms with Crippen molar-refractivity contribution in [3.05, 3.63) is 29.8 Å². The molecule has 0 saturated heterocycles. The summed E-state index contributed by atoms with van der Waals surface area (Å²) in [6.07, 6.45) is 1.22. The number of phenolic OH excluding ortho intramolecular Hbond substituents is 1. The third kappa shape index (κ3) is 5.43. The van der Waals surface area contributed by atoms with Crippen LogP contribution in [-0.4, -0.2) is 37.3 Å². The van der Waals surface area contributed by atoms with Crippen LogP contribution < -0.4 is 5.73 Å². The van der Waals surface area contributed by atoms with Gasteiger partial charge in [-0.15, -0.1) is 0 Å². The first-order valence-electron chi connectivity index (χ1n) is 6.67. The second-order valence-electron chi connectivity index (χ2n) is 4.80. The van der Waals surface area contributed by atoms with E-state index in [2.05, 4.69) is 4.74 Å². The Morgan fingerprint density at radius 3 is 2.19 bits per heavy atom. The molecule has 0 saturated carbocycles. The average molecular weight is 295 g/mol. The fourth-order valence-corrected chi connectivity index (χ4v) is 2.04. The van der Waals surface area contributed by atoms with E-state index in [1.54, 1.807) is 24.3 Å². The van der Waals surface area contributed by atoms with Gasteiger partial charge in [-0.05, 0) is 37.0 Å². The van der Waals surface area contributed by atoms with E-state index in [0.29, 0.717) is 19.3 Å². The predicted molar refractivity (Wildman–Crippen MR) is 76.5 cm³/mol. The van der Waals surface area contributed by atoms with Crippen LogP contribution in [0, 0.1) is 5.92 Å². The minimum absolute atomic E-state index is 0.168. The highest BCUT2D eigenvalue weighted by molar-refractivity contribution is 5.76. The van der Waals surface area contributed by atoms with Gasteiger partial charge in [-0.1, -0.05) is 12.1 Å². The lowest BCUT2D eigenvalue weighted by Crippen LogP contribution is -2.33. The zero-order valence-electron chi connectivity index (χ0n) is 12.2. The van der Waals surface area contributed by atoms with E-state index < -0.39 is 17.9 Å². The van der Waals surface area contributed by atoms with Crippen LogP contribution in [0.15, 0.2) is 24.3 Å². The van der Waals surface area contributed by atoms with Gasteiger partial charge < -0.3 is 20.3 Å². The van der Waals surface area contributed by atoms with Crippen LogP contribution in [0.1, 0.15) is 18.4 Å². The number of esters is 2. The van der Waals surface area contributed by atoms with Crippen LogP contribution in [-0.2, 0) is 25.5 Å². The zero-order valence-corrected chi connectivity index (χ0v) is 12.2. The van der Waals surface area contributed by atoms with Crippen molar-refractivity contribution in [3.8, 4) is 5.75 Å². The molecular formula is C15H21NO5. The van der Waals surface area contributed by atoms with Crippen molar-refractivity contribution in [1.29, 1.82) is 0 Å². The fourth-order valence-electron chi connectivity index (χ4n) is 2.04. The van der Waals surface area contributed by atoms with Crippen molar-refractivity contribution in [3.63, 3.8) is 0 Å². The largest absolute Gasteiger partial charge is 0.508 e. The molecule has 0 aliphatic carbocycles. The molecule has 1 unspecified atom stereocenters. The first-order valence-corrected chi connectivity index (χ1v) is 6.67. The molecule has 0 bridgehead atoms. The van der Waals surface area contributed by atoms with E-state index in [0.717, 1.165) is 5.56 Å². The Labute approximate surface area is 123 Å². The summed E-state index contributed by atoms with van der Waals surface area (Å²) in [6, 6.07) is 5.85. The van der Waals surface area contributed by atoms with Crippen LogP contribution >= 0.6 is 0 Å². The molecule has 0 amide bonds. The molecular weight excluding hydrogens is 274 g/mol. The normalized spacial score (nSPS) is 13.3. The predicted octanol–water partition coefficient (Wildman–Crippen LogP) is 1.00. The van der Waals surface area contributed by atoms with Crippen LogP contribution in [0.25, 0.3) is 0 Å². The summed E-state index contributed by atoms with van der Waals surface area (Å²) < 4.78 is 9.34. The molecule has 0 aromatic heterocycles. The van der Waals surface area contributed by atoms with Crippen LogP contribution in [0.5, 0.6) is 5.75 Å². The van der Waals surface area contributed by atoms with Gasteiger partial charge in [-0.2, -0.15) is 0 Å². The molecule has 3 N–H and O–H groups in total. The highest BCUT2D eigenvalue weighted by Crippen LogP contribution is 2.19. The van der Waals surface area contributed by atoms with Gasteiger partial charge in [0.15, 0.2) is 0 Å². The number of phenols is 1. The number of carbonyl (C=O) groups is 2. The van der Waals surface area contributed by atoms with Gasteiger partial charge in [0, 0.05) is 0 Å². The number of hydrogen-bond donors (Lipinski definition) is 2. The highest BCUT2D eigenvalue weighted by Gasteiger charge is 2.23. The number of benzene rings is 1. The molecule has 6 heteroatoms. The van der Waals surface area contributed by atoms with Crippen molar-refractivity contribution in [1.82, 2.24) is 0 Å². The molecule has 0 spiro atoms. The Hall–Kier alpha value is -2.08. The number of nitrogens with two attached hydrogens (primary N) is 1. The van der Waals surface area contributed by atoms with E-state index in [1.807, 2.05) is 0 Å². The Morgan fingerprint density at radius 1 is 1.10 bits per heavy atom. The molecule has 6 nitrogen and oxygen atoms in total. The van der Waals surface area contributed by atoms with Crippen molar-refractivity contribution < 1.29 is 24.2 Å². The second kappa shape index (κ2) is 8.26. The number of hydrogen-bond acceptors (Lipinski definition) is 6. The summed E-state index contributed by atoms with van der Waals surface area (Å²) in [6.45, 7) is 0. The summed E-state index contributed by atoms with van der Waals surface area (Å²) >= 11 is 0. The van der Waals surface area contributed by atoms with Crippen molar-refractivity contribution >= 4 is 11.9 Å². The fraction of sp³-hybridized carbons (Fsp3) is 0.467. The lowest BCUT2D eigenvalue weighted by Gasteiger charge is -2.16. The summed E-state index contributed by atoms with van der Waals surface area (Å²) in [7, 11) is 2.60. The van der Waals surface area contributed by atoms with Crippen LogP contribution in [0.4, 0.5) is 0 Å². The minimum Gasteiger partial charge on any atom is -0.508 e. The van der Waals surface area contributed by atoms with Gasteiger partial charge in [0.1, 0.15) is 11.8 Å². The minimum atomic E-state index is -0.748. The van der Waals surface area contributed by atoms with E-state index in [-0.39, 0.29) is 11.7 Å². The zero-order chi connectivity index (χ0) is 15.8. The standard InChI is InChI=1S/C15H21NO5/c1-20-14(18)11(5-8-13(16)15(19)21-2)9-10-3-6-12(17)7-4-10/h3-4,6-7,11,13,17H,5,8-9,16H2,1-2H3/t11?,13-/m0/s1. The van der Waals surface area contributed by atoms with Gasteiger partial charge in [0.05, 0.1) is 20.1 Å². The Kier molecular flexibility index (Phi) is 6.68.